The number of rotatable bonds is 2. The zero-order valence-corrected chi connectivity index (χ0v) is 8.99. The molecule has 11 heavy (non-hydrogen) atoms. The first-order valence-electron chi connectivity index (χ1n) is 3.79. The summed E-state index contributed by atoms with van der Waals surface area (Å²) in [4.78, 5) is 2.43. The van der Waals surface area contributed by atoms with E-state index in [0.29, 0.717) is 0 Å². The number of alkyl halides is 1. The van der Waals surface area contributed by atoms with E-state index in [1.54, 1.807) is 0 Å². The number of halogens is 2. The van der Waals surface area contributed by atoms with Gasteiger partial charge >= 0.3 is 0 Å². The lowest BCUT2D eigenvalue weighted by Gasteiger charge is -2.16. The van der Waals surface area contributed by atoms with Crippen LogP contribution in [0.15, 0.2) is 0 Å². The maximum atomic E-state index is 5.31. The molecule has 1 fully saturated rings. The standard InChI is InChI=1S/C7H14BrNO.ClH/c8-2-4-9-3-1-6-10-7-5-9;/h1-7H2;1H. The third kappa shape index (κ3) is 5.01. The molecule has 0 aromatic heterocycles. The van der Waals surface area contributed by atoms with Crippen LogP contribution in [0.4, 0.5) is 0 Å². The molecule has 1 heterocycles. The van der Waals surface area contributed by atoms with Crippen molar-refractivity contribution in [3.05, 3.63) is 0 Å². The summed E-state index contributed by atoms with van der Waals surface area (Å²) in [6, 6.07) is 0. The van der Waals surface area contributed by atoms with Crippen LogP contribution in [0.5, 0.6) is 0 Å². The van der Waals surface area contributed by atoms with Gasteiger partial charge < -0.3 is 9.64 Å². The molecular weight excluding hydrogens is 229 g/mol. The number of hydrogen-bond donors (Lipinski definition) is 0. The Balaban J connectivity index is 0.000001000. The van der Waals surface area contributed by atoms with Crippen LogP contribution in [0.3, 0.4) is 0 Å². The Labute approximate surface area is 82.8 Å². The summed E-state index contributed by atoms with van der Waals surface area (Å²) in [6.45, 7) is 5.31. The van der Waals surface area contributed by atoms with Gasteiger partial charge in [0.25, 0.3) is 0 Å². The molecule has 0 radical (unpaired) electrons. The highest BCUT2D eigenvalue weighted by atomic mass is 79.9. The van der Waals surface area contributed by atoms with Gasteiger partial charge in [-0.2, -0.15) is 0 Å². The summed E-state index contributed by atoms with van der Waals surface area (Å²) in [5, 5.41) is 1.08. The second-order valence-electron chi connectivity index (χ2n) is 2.50. The monoisotopic (exact) mass is 243 g/mol. The summed E-state index contributed by atoms with van der Waals surface area (Å²) in [6.07, 6.45) is 1.19. The molecule has 1 saturated heterocycles. The smallest absolute Gasteiger partial charge is 0.0593 e. The number of hydrogen-bond acceptors (Lipinski definition) is 2. The normalized spacial score (nSPS) is 20.5. The van der Waals surface area contributed by atoms with Gasteiger partial charge in [-0.25, -0.2) is 0 Å². The molecule has 0 atom stereocenters. The van der Waals surface area contributed by atoms with Gasteiger partial charge in [0.05, 0.1) is 6.61 Å². The van der Waals surface area contributed by atoms with E-state index in [2.05, 4.69) is 20.8 Å². The third-order valence-corrected chi connectivity index (χ3v) is 2.07. The van der Waals surface area contributed by atoms with Crippen molar-refractivity contribution in [2.45, 2.75) is 6.42 Å². The molecule has 0 amide bonds. The van der Waals surface area contributed by atoms with E-state index in [1.165, 1.54) is 13.0 Å². The van der Waals surface area contributed by atoms with Crippen LogP contribution in [-0.2, 0) is 4.74 Å². The van der Waals surface area contributed by atoms with Crippen molar-refractivity contribution in [2.75, 3.05) is 38.2 Å². The van der Waals surface area contributed by atoms with Crippen LogP contribution in [-0.4, -0.2) is 43.1 Å². The van der Waals surface area contributed by atoms with Crippen molar-refractivity contribution in [3.63, 3.8) is 0 Å². The summed E-state index contributed by atoms with van der Waals surface area (Å²) >= 11 is 3.43. The van der Waals surface area contributed by atoms with E-state index in [1.807, 2.05) is 0 Å². The molecule has 0 aromatic rings. The Morgan fingerprint density at radius 2 is 2.09 bits per heavy atom. The predicted octanol–water partition coefficient (Wildman–Crippen LogP) is 1.53. The second-order valence-corrected chi connectivity index (χ2v) is 3.29. The molecule has 0 saturated carbocycles. The summed E-state index contributed by atoms with van der Waals surface area (Å²) in [5.41, 5.74) is 0. The van der Waals surface area contributed by atoms with Crippen LogP contribution in [0, 0.1) is 0 Å². The maximum Gasteiger partial charge on any atom is 0.0593 e. The van der Waals surface area contributed by atoms with Crippen molar-refractivity contribution >= 4 is 28.3 Å². The maximum absolute atomic E-state index is 5.31. The first kappa shape index (κ1) is 11.7. The molecule has 0 aromatic carbocycles. The molecule has 0 N–H and O–H groups in total. The van der Waals surface area contributed by atoms with Gasteiger partial charge in [-0.3, -0.25) is 0 Å². The SMILES string of the molecule is BrCCN1CCCOCC1.Cl. The van der Waals surface area contributed by atoms with Gasteiger partial charge in [0, 0.05) is 31.6 Å². The van der Waals surface area contributed by atoms with Gasteiger partial charge in [0.2, 0.25) is 0 Å². The van der Waals surface area contributed by atoms with Crippen LogP contribution in [0.25, 0.3) is 0 Å². The molecule has 1 rings (SSSR count). The Morgan fingerprint density at radius 3 is 2.82 bits per heavy atom. The molecule has 68 valence electrons. The number of nitrogens with zero attached hydrogens (tertiary/aromatic N) is 1. The fraction of sp³-hybridized carbons (Fsp3) is 1.00. The lowest BCUT2D eigenvalue weighted by Crippen LogP contribution is -2.28. The minimum absolute atomic E-state index is 0. The Morgan fingerprint density at radius 1 is 1.27 bits per heavy atom. The lowest BCUT2D eigenvalue weighted by molar-refractivity contribution is 0.142. The van der Waals surface area contributed by atoms with Crippen LogP contribution in [0.1, 0.15) is 6.42 Å². The highest BCUT2D eigenvalue weighted by molar-refractivity contribution is 9.09. The van der Waals surface area contributed by atoms with Gasteiger partial charge in [-0.15, -0.1) is 12.4 Å². The van der Waals surface area contributed by atoms with Crippen molar-refractivity contribution in [1.29, 1.82) is 0 Å². The van der Waals surface area contributed by atoms with Crippen LogP contribution in [0.2, 0.25) is 0 Å². The van der Waals surface area contributed by atoms with Gasteiger partial charge in [-0.05, 0) is 6.42 Å². The molecule has 4 heteroatoms. The highest BCUT2D eigenvalue weighted by Crippen LogP contribution is 1.98. The Bertz CT molecular complexity index is 86.5. The summed E-state index contributed by atoms with van der Waals surface area (Å²) < 4.78 is 5.31. The van der Waals surface area contributed by atoms with Crippen LogP contribution >= 0.6 is 28.3 Å². The zero-order valence-electron chi connectivity index (χ0n) is 6.59. The Hall–Kier alpha value is 0.690. The van der Waals surface area contributed by atoms with E-state index in [0.717, 1.165) is 31.6 Å². The predicted molar refractivity (Wildman–Crippen MR) is 52.9 cm³/mol. The van der Waals surface area contributed by atoms with E-state index >= 15 is 0 Å². The molecule has 1 aliphatic rings. The van der Waals surface area contributed by atoms with E-state index in [9.17, 15) is 0 Å². The lowest BCUT2D eigenvalue weighted by atomic mass is 10.4. The summed E-state index contributed by atoms with van der Waals surface area (Å²) in [7, 11) is 0. The summed E-state index contributed by atoms with van der Waals surface area (Å²) in [5.74, 6) is 0. The zero-order chi connectivity index (χ0) is 7.23. The largest absolute Gasteiger partial charge is 0.380 e. The topological polar surface area (TPSA) is 12.5 Å². The average Bonchev–Trinajstić information content (AvgIpc) is 2.17. The minimum Gasteiger partial charge on any atom is -0.380 e. The Kier molecular flexibility index (Phi) is 7.81. The molecule has 1 aliphatic heterocycles. The minimum atomic E-state index is 0. The first-order chi connectivity index (χ1) is 4.93. The van der Waals surface area contributed by atoms with Gasteiger partial charge in [0.15, 0.2) is 0 Å². The fourth-order valence-corrected chi connectivity index (χ4v) is 1.64. The average molecular weight is 245 g/mol. The van der Waals surface area contributed by atoms with Gasteiger partial charge in [0.1, 0.15) is 0 Å². The van der Waals surface area contributed by atoms with E-state index < -0.39 is 0 Å². The molecule has 0 aliphatic carbocycles. The van der Waals surface area contributed by atoms with Crippen molar-refractivity contribution in [1.82, 2.24) is 4.90 Å². The van der Waals surface area contributed by atoms with Crippen molar-refractivity contribution in [3.8, 4) is 0 Å². The quantitative estimate of drug-likeness (QED) is 0.683. The fourth-order valence-electron chi connectivity index (χ4n) is 1.14. The van der Waals surface area contributed by atoms with Crippen molar-refractivity contribution in [2.24, 2.45) is 0 Å². The first-order valence-corrected chi connectivity index (χ1v) is 4.91. The molecule has 2 nitrogen and oxygen atoms in total. The number of ether oxygens (including phenoxy) is 1. The second kappa shape index (κ2) is 7.35. The van der Waals surface area contributed by atoms with E-state index in [4.69, 9.17) is 4.74 Å². The third-order valence-electron chi connectivity index (χ3n) is 1.72. The van der Waals surface area contributed by atoms with Gasteiger partial charge in [-0.1, -0.05) is 15.9 Å². The molecule has 0 unspecified atom stereocenters. The van der Waals surface area contributed by atoms with E-state index in [-0.39, 0.29) is 12.4 Å². The molecule has 0 bridgehead atoms. The molecule has 0 spiro atoms. The van der Waals surface area contributed by atoms with Crippen molar-refractivity contribution < 1.29 is 4.74 Å². The molecular formula is C7H15BrClNO. The highest BCUT2D eigenvalue weighted by Gasteiger charge is 2.06. The van der Waals surface area contributed by atoms with Crippen LogP contribution < -0.4 is 0 Å².